The predicted octanol–water partition coefficient (Wildman–Crippen LogP) is 2.14. The Morgan fingerprint density at radius 1 is 1.43 bits per heavy atom. The molecule has 0 spiro atoms. The Morgan fingerprint density at radius 2 is 2.07 bits per heavy atom. The summed E-state index contributed by atoms with van der Waals surface area (Å²) in [5.41, 5.74) is 6.65. The van der Waals surface area contributed by atoms with E-state index in [2.05, 4.69) is 26.1 Å². The molecule has 0 heterocycles. The Morgan fingerprint density at radius 3 is 2.43 bits per heavy atom. The Kier molecular flexibility index (Phi) is 3.96. The van der Waals surface area contributed by atoms with Gasteiger partial charge in [-0.05, 0) is 36.6 Å². The van der Waals surface area contributed by atoms with Crippen molar-refractivity contribution in [3.8, 4) is 0 Å². The fourth-order valence-corrected chi connectivity index (χ4v) is 1.96. The summed E-state index contributed by atoms with van der Waals surface area (Å²) in [6.45, 7) is 9.89. The van der Waals surface area contributed by atoms with Crippen LogP contribution in [-0.2, 0) is 0 Å². The third-order valence-corrected chi connectivity index (χ3v) is 4.01. The molecule has 1 fully saturated rings. The second kappa shape index (κ2) is 4.63. The summed E-state index contributed by atoms with van der Waals surface area (Å²) in [5, 5.41) is 3.59. The molecule has 0 aromatic carbocycles. The number of hydrogen-bond acceptors (Lipinski definition) is 2. The maximum absolute atomic E-state index is 5.77. The van der Waals surface area contributed by atoms with Gasteiger partial charge in [0.25, 0.3) is 0 Å². The van der Waals surface area contributed by atoms with Crippen LogP contribution < -0.4 is 11.1 Å². The Hall–Kier alpha value is -0.0800. The normalized spacial score (nSPS) is 24.0. The molecular weight excluding hydrogens is 172 g/mol. The summed E-state index contributed by atoms with van der Waals surface area (Å²) < 4.78 is 0. The van der Waals surface area contributed by atoms with Gasteiger partial charge in [-0.1, -0.05) is 27.2 Å². The largest absolute Gasteiger partial charge is 0.330 e. The zero-order valence-corrected chi connectivity index (χ0v) is 10.0. The lowest BCUT2D eigenvalue weighted by Gasteiger charge is -2.39. The number of hydrogen-bond donors (Lipinski definition) is 2. The van der Waals surface area contributed by atoms with Crippen molar-refractivity contribution in [2.75, 3.05) is 19.6 Å². The fraction of sp³-hybridized carbons (Fsp3) is 1.00. The van der Waals surface area contributed by atoms with E-state index in [0.717, 1.165) is 19.5 Å². The van der Waals surface area contributed by atoms with Gasteiger partial charge in [0, 0.05) is 13.1 Å². The van der Waals surface area contributed by atoms with Crippen LogP contribution in [0.5, 0.6) is 0 Å². The monoisotopic (exact) mass is 198 g/mol. The van der Waals surface area contributed by atoms with Crippen molar-refractivity contribution in [3.05, 3.63) is 0 Å². The predicted molar refractivity (Wildman–Crippen MR) is 62.3 cm³/mol. The summed E-state index contributed by atoms with van der Waals surface area (Å²) in [6, 6.07) is 0. The molecule has 84 valence electrons. The molecule has 0 amide bonds. The van der Waals surface area contributed by atoms with Gasteiger partial charge in [0.2, 0.25) is 0 Å². The van der Waals surface area contributed by atoms with Crippen molar-refractivity contribution in [2.24, 2.45) is 16.6 Å². The van der Waals surface area contributed by atoms with Crippen LogP contribution in [0.3, 0.4) is 0 Å². The summed E-state index contributed by atoms with van der Waals surface area (Å²) >= 11 is 0. The number of rotatable bonds is 6. The van der Waals surface area contributed by atoms with Crippen LogP contribution in [0.15, 0.2) is 0 Å². The second-order valence-corrected chi connectivity index (χ2v) is 5.64. The highest BCUT2D eigenvalue weighted by Crippen LogP contribution is 2.39. The van der Waals surface area contributed by atoms with E-state index >= 15 is 0 Å². The van der Waals surface area contributed by atoms with Crippen molar-refractivity contribution in [2.45, 2.75) is 46.5 Å². The topological polar surface area (TPSA) is 38.0 Å². The second-order valence-electron chi connectivity index (χ2n) is 5.64. The molecule has 0 radical (unpaired) electrons. The molecule has 0 aromatic rings. The van der Waals surface area contributed by atoms with Crippen molar-refractivity contribution >= 4 is 0 Å². The van der Waals surface area contributed by atoms with Gasteiger partial charge in [-0.3, -0.25) is 0 Å². The third kappa shape index (κ3) is 2.96. The van der Waals surface area contributed by atoms with Crippen molar-refractivity contribution in [1.82, 2.24) is 5.32 Å². The van der Waals surface area contributed by atoms with Gasteiger partial charge in [0.15, 0.2) is 0 Å². The maximum Gasteiger partial charge on any atom is 0.00174 e. The van der Waals surface area contributed by atoms with Crippen LogP contribution in [0.2, 0.25) is 0 Å². The first-order chi connectivity index (χ1) is 6.54. The molecule has 1 unspecified atom stereocenters. The minimum absolute atomic E-state index is 0.292. The van der Waals surface area contributed by atoms with Crippen LogP contribution in [-0.4, -0.2) is 19.6 Å². The average Bonchev–Trinajstić information content (AvgIpc) is 2.15. The van der Waals surface area contributed by atoms with Crippen molar-refractivity contribution in [3.63, 3.8) is 0 Å². The zero-order chi connectivity index (χ0) is 10.7. The molecule has 0 bridgehead atoms. The van der Waals surface area contributed by atoms with E-state index in [0.29, 0.717) is 10.8 Å². The van der Waals surface area contributed by atoms with Gasteiger partial charge >= 0.3 is 0 Å². The highest BCUT2D eigenvalue weighted by molar-refractivity contribution is 4.86. The minimum atomic E-state index is 0.292. The molecule has 0 aliphatic heterocycles. The number of nitrogens with two attached hydrogens (primary N) is 1. The molecule has 2 heteroatoms. The summed E-state index contributed by atoms with van der Waals surface area (Å²) in [4.78, 5) is 0. The molecule has 0 saturated heterocycles. The van der Waals surface area contributed by atoms with Gasteiger partial charge in [0.1, 0.15) is 0 Å². The van der Waals surface area contributed by atoms with Crippen LogP contribution in [0, 0.1) is 10.8 Å². The quantitative estimate of drug-likeness (QED) is 0.686. The van der Waals surface area contributed by atoms with Crippen molar-refractivity contribution in [1.29, 1.82) is 0 Å². The maximum atomic E-state index is 5.77. The average molecular weight is 198 g/mol. The van der Waals surface area contributed by atoms with E-state index < -0.39 is 0 Å². The van der Waals surface area contributed by atoms with Crippen LogP contribution in [0.4, 0.5) is 0 Å². The molecule has 1 atom stereocenters. The summed E-state index contributed by atoms with van der Waals surface area (Å²) in [5.74, 6) is 0. The summed E-state index contributed by atoms with van der Waals surface area (Å²) in [7, 11) is 0. The molecule has 1 rings (SSSR count). The van der Waals surface area contributed by atoms with E-state index in [-0.39, 0.29) is 0 Å². The molecule has 0 aromatic heterocycles. The van der Waals surface area contributed by atoms with Crippen molar-refractivity contribution < 1.29 is 0 Å². The van der Waals surface area contributed by atoms with Gasteiger partial charge < -0.3 is 11.1 Å². The van der Waals surface area contributed by atoms with E-state index in [4.69, 9.17) is 5.73 Å². The zero-order valence-electron chi connectivity index (χ0n) is 10.0. The molecule has 1 saturated carbocycles. The van der Waals surface area contributed by atoms with E-state index in [1.807, 2.05) is 0 Å². The fourth-order valence-electron chi connectivity index (χ4n) is 1.96. The van der Waals surface area contributed by atoms with Crippen LogP contribution in [0.1, 0.15) is 46.5 Å². The van der Waals surface area contributed by atoms with Gasteiger partial charge in [-0.15, -0.1) is 0 Å². The Labute approximate surface area is 88.6 Å². The van der Waals surface area contributed by atoms with E-state index in [1.165, 1.54) is 25.8 Å². The van der Waals surface area contributed by atoms with Crippen LogP contribution >= 0.6 is 0 Å². The molecular formula is C12H26N2. The SMILES string of the molecule is CCC(C)(CN)CNCC1(C)CCC1. The standard InChI is InChI=1S/C12H26N2/c1-4-11(2,8-13)9-14-10-12(3)6-5-7-12/h14H,4-10,13H2,1-3H3. The Balaban J connectivity index is 2.19. The van der Waals surface area contributed by atoms with Crippen LogP contribution in [0.25, 0.3) is 0 Å². The molecule has 2 nitrogen and oxygen atoms in total. The highest BCUT2D eigenvalue weighted by Gasteiger charge is 2.31. The lowest BCUT2D eigenvalue weighted by atomic mass is 9.70. The van der Waals surface area contributed by atoms with Gasteiger partial charge in [0.05, 0.1) is 0 Å². The van der Waals surface area contributed by atoms with Gasteiger partial charge in [-0.2, -0.15) is 0 Å². The van der Waals surface area contributed by atoms with E-state index in [1.54, 1.807) is 0 Å². The summed E-state index contributed by atoms with van der Waals surface area (Å²) in [6.07, 6.45) is 5.37. The van der Waals surface area contributed by atoms with E-state index in [9.17, 15) is 0 Å². The molecule has 3 N–H and O–H groups in total. The lowest BCUT2D eigenvalue weighted by Crippen LogP contribution is -2.43. The third-order valence-electron chi connectivity index (χ3n) is 4.01. The molecule has 1 aliphatic rings. The highest BCUT2D eigenvalue weighted by atomic mass is 14.9. The number of nitrogens with one attached hydrogen (secondary N) is 1. The lowest BCUT2D eigenvalue weighted by molar-refractivity contribution is 0.148. The molecule has 14 heavy (non-hydrogen) atoms. The smallest absolute Gasteiger partial charge is 0.00174 e. The minimum Gasteiger partial charge on any atom is -0.330 e. The first-order valence-corrected chi connectivity index (χ1v) is 5.94. The first-order valence-electron chi connectivity index (χ1n) is 5.94. The van der Waals surface area contributed by atoms with Gasteiger partial charge in [-0.25, -0.2) is 0 Å². The first kappa shape index (κ1) is 12.0. The molecule has 1 aliphatic carbocycles. The Bertz CT molecular complexity index is 169.